The number of hydrogen-bond donors (Lipinski definition) is 2. The number of carbonyl (C=O) groups excluding carboxylic acids is 1. The van der Waals surface area contributed by atoms with E-state index in [9.17, 15) is 4.79 Å². The van der Waals surface area contributed by atoms with E-state index in [0.29, 0.717) is 24.4 Å². The number of hydrogen-bond acceptors (Lipinski definition) is 3. The quantitative estimate of drug-likeness (QED) is 0.790. The topological polar surface area (TPSA) is 55.1 Å². The maximum atomic E-state index is 11.6. The highest BCUT2D eigenvalue weighted by molar-refractivity contribution is 7.99. The standard InChI is InChI=1S/C12H17ClN2OS.ClH/c1-2-17-11-6-5-9(13)8-10(11)15-12(16)4-3-7-14;/h5-6,8H,2-4,7,14H2,1H3,(H,15,16);1H. The van der Waals surface area contributed by atoms with Gasteiger partial charge in [0.15, 0.2) is 0 Å². The summed E-state index contributed by atoms with van der Waals surface area (Å²) in [4.78, 5) is 12.7. The number of halogens is 2. The van der Waals surface area contributed by atoms with Crippen LogP contribution in [0.1, 0.15) is 19.8 Å². The van der Waals surface area contributed by atoms with Crippen molar-refractivity contribution in [2.45, 2.75) is 24.7 Å². The van der Waals surface area contributed by atoms with E-state index in [1.165, 1.54) is 0 Å². The van der Waals surface area contributed by atoms with Crippen molar-refractivity contribution in [3.05, 3.63) is 23.2 Å². The zero-order chi connectivity index (χ0) is 12.7. The lowest BCUT2D eigenvalue weighted by molar-refractivity contribution is -0.116. The average molecular weight is 309 g/mol. The van der Waals surface area contributed by atoms with Crippen LogP contribution < -0.4 is 11.1 Å². The molecule has 0 aromatic heterocycles. The Morgan fingerprint density at radius 1 is 1.50 bits per heavy atom. The van der Waals surface area contributed by atoms with Gasteiger partial charge in [-0.1, -0.05) is 18.5 Å². The van der Waals surface area contributed by atoms with Crippen molar-refractivity contribution in [1.29, 1.82) is 0 Å². The molecule has 0 aliphatic carbocycles. The smallest absolute Gasteiger partial charge is 0.224 e. The molecule has 0 saturated carbocycles. The van der Waals surface area contributed by atoms with E-state index in [2.05, 4.69) is 12.2 Å². The maximum Gasteiger partial charge on any atom is 0.224 e. The molecule has 0 radical (unpaired) electrons. The van der Waals surface area contributed by atoms with E-state index in [0.717, 1.165) is 16.3 Å². The lowest BCUT2D eigenvalue weighted by Gasteiger charge is -2.10. The third-order valence-corrected chi connectivity index (χ3v) is 3.31. The summed E-state index contributed by atoms with van der Waals surface area (Å²) in [5.41, 5.74) is 6.15. The van der Waals surface area contributed by atoms with Crippen molar-refractivity contribution in [3.63, 3.8) is 0 Å². The van der Waals surface area contributed by atoms with Gasteiger partial charge in [0, 0.05) is 16.3 Å². The number of benzene rings is 1. The molecule has 0 saturated heterocycles. The molecule has 1 aromatic rings. The second-order valence-corrected chi connectivity index (χ2v) is 5.26. The molecule has 0 bridgehead atoms. The van der Waals surface area contributed by atoms with Crippen molar-refractivity contribution < 1.29 is 4.79 Å². The minimum Gasteiger partial charge on any atom is -0.330 e. The Morgan fingerprint density at radius 2 is 2.22 bits per heavy atom. The molecule has 0 aliphatic rings. The number of amides is 1. The van der Waals surface area contributed by atoms with Gasteiger partial charge in [-0.2, -0.15) is 0 Å². The Bertz CT molecular complexity index is 388. The minimum atomic E-state index is -0.0179. The highest BCUT2D eigenvalue weighted by atomic mass is 35.5. The van der Waals surface area contributed by atoms with E-state index in [1.807, 2.05) is 12.1 Å². The van der Waals surface area contributed by atoms with Crippen LogP contribution in [-0.2, 0) is 4.79 Å². The van der Waals surface area contributed by atoms with Crippen LogP contribution in [0.5, 0.6) is 0 Å². The summed E-state index contributed by atoms with van der Waals surface area (Å²) in [6.07, 6.45) is 1.14. The number of anilines is 1. The molecule has 0 fully saturated rings. The fourth-order valence-electron chi connectivity index (χ4n) is 1.36. The van der Waals surface area contributed by atoms with Gasteiger partial charge in [0.1, 0.15) is 0 Å². The summed E-state index contributed by atoms with van der Waals surface area (Å²) >= 11 is 7.60. The third kappa shape index (κ3) is 5.96. The fourth-order valence-corrected chi connectivity index (χ4v) is 2.27. The van der Waals surface area contributed by atoms with Crippen LogP contribution in [-0.4, -0.2) is 18.2 Å². The first-order valence-electron chi connectivity index (χ1n) is 5.59. The van der Waals surface area contributed by atoms with Gasteiger partial charge in [0.05, 0.1) is 5.69 Å². The predicted molar refractivity (Wildman–Crippen MR) is 82.0 cm³/mol. The van der Waals surface area contributed by atoms with Crippen LogP contribution >= 0.6 is 35.8 Å². The second kappa shape index (κ2) is 9.50. The zero-order valence-electron chi connectivity index (χ0n) is 10.2. The molecule has 3 N–H and O–H groups in total. The first-order chi connectivity index (χ1) is 8.17. The van der Waals surface area contributed by atoms with Gasteiger partial charge in [0.2, 0.25) is 5.91 Å². The molecule has 0 spiro atoms. The highest BCUT2D eigenvalue weighted by Crippen LogP contribution is 2.29. The number of nitrogens with two attached hydrogens (primary N) is 1. The Kier molecular flexibility index (Phi) is 9.28. The molecule has 18 heavy (non-hydrogen) atoms. The molecule has 3 nitrogen and oxygen atoms in total. The molecule has 102 valence electrons. The largest absolute Gasteiger partial charge is 0.330 e. The average Bonchev–Trinajstić information content (AvgIpc) is 2.30. The van der Waals surface area contributed by atoms with E-state index in [1.54, 1.807) is 17.8 Å². The van der Waals surface area contributed by atoms with E-state index in [-0.39, 0.29) is 18.3 Å². The molecular weight excluding hydrogens is 291 g/mol. The highest BCUT2D eigenvalue weighted by Gasteiger charge is 2.07. The first kappa shape index (κ1) is 17.6. The van der Waals surface area contributed by atoms with Crippen molar-refractivity contribution in [3.8, 4) is 0 Å². The number of nitrogens with one attached hydrogen (secondary N) is 1. The normalized spacial score (nSPS) is 9.72. The van der Waals surface area contributed by atoms with Crippen LogP contribution in [0.2, 0.25) is 5.02 Å². The Hall–Kier alpha value is -0.420. The summed E-state index contributed by atoms with van der Waals surface area (Å²) in [5.74, 6) is 0.934. The Morgan fingerprint density at radius 3 is 2.83 bits per heavy atom. The van der Waals surface area contributed by atoms with Gasteiger partial charge >= 0.3 is 0 Å². The van der Waals surface area contributed by atoms with Gasteiger partial charge in [-0.3, -0.25) is 4.79 Å². The Labute approximate surface area is 123 Å². The number of rotatable bonds is 6. The van der Waals surface area contributed by atoms with Crippen molar-refractivity contribution in [1.82, 2.24) is 0 Å². The van der Waals surface area contributed by atoms with E-state index >= 15 is 0 Å². The van der Waals surface area contributed by atoms with E-state index < -0.39 is 0 Å². The molecular formula is C12H18Cl2N2OS. The lowest BCUT2D eigenvalue weighted by Crippen LogP contribution is -2.13. The molecule has 1 amide bonds. The summed E-state index contributed by atoms with van der Waals surface area (Å²) in [5, 5.41) is 3.50. The summed E-state index contributed by atoms with van der Waals surface area (Å²) in [6, 6.07) is 5.53. The van der Waals surface area contributed by atoms with Crippen LogP contribution in [0.25, 0.3) is 0 Å². The fraction of sp³-hybridized carbons (Fsp3) is 0.417. The summed E-state index contributed by atoms with van der Waals surface area (Å²) in [7, 11) is 0. The monoisotopic (exact) mass is 308 g/mol. The van der Waals surface area contributed by atoms with Gasteiger partial charge in [0.25, 0.3) is 0 Å². The lowest BCUT2D eigenvalue weighted by atomic mass is 10.2. The van der Waals surface area contributed by atoms with Crippen LogP contribution in [0, 0.1) is 0 Å². The first-order valence-corrected chi connectivity index (χ1v) is 6.96. The third-order valence-electron chi connectivity index (χ3n) is 2.12. The molecule has 0 unspecified atom stereocenters. The summed E-state index contributed by atoms with van der Waals surface area (Å²) < 4.78 is 0. The Balaban J connectivity index is 0.00000289. The van der Waals surface area contributed by atoms with Gasteiger partial charge in [-0.15, -0.1) is 24.2 Å². The van der Waals surface area contributed by atoms with Crippen LogP contribution in [0.4, 0.5) is 5.69 Å². The second-order valence-electron chi connectivity index (χ2n) is 3.51. The number of carbonyl (C=O) groups is 1. The van der Waals surface area contributed by atoms with Gasteiger partial charge < -0.3 is 11.1 Å². The molecule has 0 aliphatic heterocycles. The molecule has 1 rings (SSSR count). The molecule has 0 heterocycles. The molecule has 6 heteroatoms. The zero-order valence-corrected chi connectivity index (χ0v) is 12.6. The van der Waals surface area contributed by atoms with Gasteiger partial charge in [-0.05, 0) is 36.9 Å². The minimum absolute atomic E-state index is 0. The van der Waals surface area contributed by atoms with E-state index in [4.69, 9.17) is 17.3 Å². The maximum absolute atomic E-state index is 11.6. The summed E-state index contributed by atoms with van der Waals surface area (Å²) in [6.45, 7) is 2.60. The van der Waals surface area contributed by atoms with Crippen LogP contribution in [0.15, 0.2) is 23.1 Å². The molecule has 0 atom stereocenters. The number of thioether (sulfide) groups is 1. The van der Waals surface area contributed by atoms with Crippen molar-refractivity contribution in [2.75, 3.05) is 17.6 Å². The SMILES string of the molecule is CCSc1ccc(Cl)cc1NC(=O)CCCN.Cl. The predicted octanol–water partition coefficient (Wildman–Crippen LogP) is 3.55. The van der Waals surface area contributed by atoms with Gasteiger partial charge in [-0.25, -0.2) is 0 Å². The molecule has 1 aromatic carbocycles. The van der Waals surface area contributed by atoms with Crippen molar-refractivity contribution >= 4 is 47.4 Å². The van der Waals surface area contributed by atoms with Crippen molar-refractivity contribution in [2.24, 2.45) is 5.73 Å². The van der Waals surface area contributed by atoms with Crippen LogP contribution in [0.3, 0.4) is 0 Å².